The first-order valence-corrected chi connectivity index (χ1v) is 6.40. The maximum Gasteiger partial charge on any atom is 0.134 e. The fraction of sp³-hybridized carbons (Fsp3) is 0.200. The third-order valence-electron chi connectivity index (χ3n) is 2.55. The maximum absolute atomic E-state index is 5.85. The Labute approximate surface area is 112 Å². The van der Waals surface area contributed by atoms with E-state index in [0.717, 1.165) is 35.2 Å². The molecule has 0 radical (unpaired) electrons. The zero-order valence-electron chi connectivity index (χ0n) is 10.3. The average Bonchev–Trinajstić information content (AvgIpc) is 2.84. The lowest BCUT2D eigenvalue weighted by atomic mass is 10.2. The molecule has 94 valence electrons. The van der Waals surface area contributed by atoms with Crippen LogP contribution in [0.3, 0.4) is 0 Å². The lowest BCUT2D eigenvalue weighted by Gasteiger charge is -1.96. The summed E-state index contributed by atoms with van der Waals surface area (Å²) >= 11 is 5.85. The normalized spacial score (nSPS) is 11.2. The van der Waals surface area contributed by atoms with E-state index in [-0.39, 0.29) is 0 Å². The standard InChI is InChI=1S/C15H16ClNO/c1-2-17-11-3-4-14-9-10-15(18-14)12-5-7-13(16)8-6-12/h3-10,17H,2,11H2,1H3. The Bertz CT molecular complexity index is 514. The molecule has 0 atom stereocenters. The van der Waals surface area contributed by atoms with Crippen LogP contribution < -0.4 is 5.32 Å². The second-order valence-electron chi connectivity index (χ2n) is 3.92. The van der Waals surface area contributed by atoms with Gasteiger partial charge in [-0.05, 0) is 49.0 Å². The average molecular weight is 262 g/mol. The molecule has 1 heterocycles. The molecule has 0 aliphatic rings. The molecule has 1 aromatic carbocycles. The molecule has 3 heteroatoms. The van der Waals surface area contributed by atoms with Crippen LogP contribution in [0.15, 0.2) is 46.9 Å². The minimum Gasteiger partial charge on any atom is -0.457 e. The summed E-state index contributed by atoms with van der Waals surface area (Å²) in [6.07, 6.45) is 4.02. The van der Waals surface area contributed by atoms with Gasteiger partial charge >= 0.3 is 0 Å². The van der Waals surface area contributed by atoms with Crippen molar-refractivity contribution in [3.63, 3.8) is 0 Å². The fourth-order valence-electron chi connectivity index (χ4n) is 1.61. The van der Waals surface area contributed by atoms with Crippen LogP contribution in [-0.4, -0.2) is 13.1 Å². The molecule has 0 saturated heterocycles. The van der Waals surface area contributed by atoms with Gasteiger partial charge in [-0.1, -0.05) is 24.6 Å². The highest BCUT2D eigenvalue weighted by molar-refractivity contribution is 6.30. The van der Waals surface area contributed by atoms with Crippen LogP contribution >= 0.6 is 11.6 Å². The molecule has 0 aliphatic heterocycles. The van der Waals surface area contributed by atoms with Gasteiger partial charge in [-0.2, -0.15) is 0 Å². The number of nitrogens with one attached hydrogen (secondary N) is 1. The summed E-state index contributed by atoms with van der Waals surface area (Å²) in [6.45, 7) is 3.91. The van der Waals surface area contributed by atoms with Crippen molar-refractivity contribution in [3.05, 3.63) is 53.3 Å². The van der Waals surface area contributed by atoms with Crippen molar-refractivity contribution in [2.24, 2.45) is 0 Å². The third-order valence-corrected chi connectivity index (χ3v) is 2.80. The molecule has 1 aromatic heterocycles. The van der Waals surface area contributed by atoms with Gasteiger partial charge in [0, 0.05) is 17.1 Å². The van der Waals surface area contributed by atoms with Gasteiger partial charge in [0.2, 0.25) is 0 Å². The number of hydrogen-bond donors (Lipinski definition) is 1. The number of rotatable bonds is 5. The highest BCUT2D eigenvalue weighted by Gasteiger charge is 2.02. The van der Waals surface area contributed by atoms with E-state index in [1.54, 1.807) is 0 Å². The second-order valence-corrected chi connectivity index (χ2v) is 4.36. The number of halogens is 1. The molecule has 0 amide bonds. The topological polar surface area (TPSA) is 25.2 Å². The van der Waals surface area contributed by atoms with E-state index in [0.29, 0.717) is 0 Å². The van der Waals surface area contributed by atoms with Crippen LogP contribution in [0.25, 0.3) is 17.4 Å². The zero-order valence-corrected chi connectivity index (χ0v) is 11.1. The van der Waals surface area contributed by atoms with Crippen molar-refractivity contribution in [2.75, 3.05) is 13.1 Å². The van der Waals surface area contributed by atoms with Crippen LogP contribution in [0, 0.1) is 0 Å². The molecular weight excluding hydrogens is 246 g/mol. The Morgan fingerprint density at radius 3 is 2.67 bits per heavy atom. The van der Waals surface area contributed by atoms with Gasteiger partial charge in [0.15, 0.2) is 0 Å². The van der Waals surface area contributed by atoms with Gasteiger partial charge in [-0.3, -0.25) is 0 Å². The summed E-state index contributed by atoms with van der Waals surface area (Å²) in [5.41, 5.74) is 1.03. The Hall–Kier alpha value is -1.51. The van der Waals surface area contributed by atoms with Crippen LogP contribution in [0.1, 0.15) is 12.7 Å². The van der Waals surface area contributed by atoms with Crippen molar-refractivity contribution in [1.82, 2.24) is 5.32 Å². The van der Waals surface area contributed by atoms with Gasteiger partial charge in [0.05, 0.1) is 0 Å². The minimum absolute atomic E-state index is 0.732. The molecular formula is C15H16ClNO. The Morgan fingerprint density at radius 2 is 1.94 bits per heavy atom. The van der Waals surface area contributed by atoms with Crippen LogP contribution in [-0.2, 0) is 0 Å². The van der Waals surface area contributed by atoms with E-state index >= 15 is 0 Å². The third kappa shape index (κ3) is 3.49. The van der Waals surface area contributed by atoms with Crippen molar-refractivity contribution in [2.45, 2.75) is 6.92 Å². The van der Waals surface area contributed by atoms with Crippen molar-refractivity contribution < 1.29 is 4.42 Å². The molecule has 2 rings (SSSR count). The monoisotopic (exact) mass is 261 g/mol. The Balaban J connectivity index is 2.06. The van der Waals surface area contributed by atoms with Gasteiger partial charge in [0.25, 0.3) is 0 Å². The van der Waals surface area contributed by atoms with E-state index in [1.165, 1.54) is 0 Å². The number of furan rings is 1. The molecule has 0 fully saturated rings. The van der Waals surface area contributed by atoms with Crippen LogP contribution in [0.2, 0.25) is 5.02 Å². The molecule has 18 heavy (non-hydrogen) atoms. The first-order valence-electron chi connectivity index (χ1n) is 6.02. The van der Waals surface area contributed by atoms with Crippen molar-refractivity contribution in [3.8, 4) is 11.3 Å². The summed E-state index contributed by atoms with van der Waals surface area (Å²) in [7, 11) is 0. The van der Waals surface area contributed by atoms with E-state index in [2.05, 4.69) is 12.2 Å². The van der Waals surface area contributed by atoms with Gasteiger partial charge in [-0.25, -0.2) is 0 Å². The van der Waals surface area contributed by atoms with E-state index in [1.807, 2.05) is 48.6 Å². The molecule has 2 aromatic rings. The lowest BCUT2D eigenvalue weighted by molar-refractivity contribution is 0.571. The Kier molecular flexibility index (Phi) is 4.62. The van der Waals surface area contributed by atoms with Crippen molar-refractivity contribution in [1.29, 1.82) is 0 Å². The first-order chi connectivity index (χ1) is 8.79. The number of likely N-dealkylation sites (N-methyl/N-ethyl adjacent to an activating group) is 1. The summed E-state index contributed by atoms with van der Waals surface area (Å²) in [5.74, 6) is 1.72. The van der Waals surface area contributed by atoms with Gasteiger partial charge < -0.3 is 9.73 Å². The van der Waals surface area contributed by atoms with Crippen molar-refractivity contribution >= 4 is 17.7 Å². The second kappa shape index (κ2) is 6.43. The van der Waals surface area contributed by atoms with Gasteiger partial charge in [-0.15, -0.1) is 0 Å². The predicted octanol–water partition coefficient (Wildman–Crippen LogP) is 4.22. The van der Waals surface area contributed by atoms with E-state index in [4.69, 9.17) is 16.0 Å². The summed E-state index contributed by atoms with van der Waals surface area (Å²) in [4.78, 5) is 0. The number of benzene rings is 1. The molecule has 2 nitrogen and oxygen atoms in total. The fourth-order valence-corrected chi connectivity index (χ4v) is 1.74. The SMILES string of the molecule is CCNCC=Cc1ccc(-c2ccc(Cl)cc2)o1. The van der Waals surface area contributed by atoms with Gasteiger partial charge in [0.1, 0.15) is 11.5 Å². The van der Waals surface area contributed by atoms with Crippen LogP contribution in [0.4, 0.5) is 0 Å². The largest absolute Gasteiger partial charge is 0.457 e. The summed E-state index contributed by atoms with van der Waals surface area (Å²) in [6, 6.07) is 11.6. The van der Waals surface area contributed by atoms with Crippen LogP contribution in [0.5, 0.6) is 0 Å². The molecule has 0 saturated carbocycles. The molecule has 0 unspecified atom stereocenters. The van der Waals surface area contributed by atoms with E-state index in [9.17, 15) is 0 Å². The maximum atomic E-state index is 5.85. The lowest BCUT2D eigenvalue weighted by Crippen LogP contribution is -2.11. The Morgan fingerprint density at radius 1 is 1.17 bits per heavy atom. The van der Waals surface area contributed by atoms with E-state index < -0.39 is 0 Å². The summed E-state index contributed by atoms with van der Waals surface area (Å²) in [5, 5.41) is 3.95. The highest BCUT2D eigenvalue weighted by Crippen LogP contribution is 2.24. The summed E-state index contributed by atoms with van der Waals surface area (Å²) < 4.78 is 5.73. The molecule has 0 aliphatic carbocycles. The molecule has 0 bridgehead atoms. The number of hydrogen-bond acceptors (Lipinski definition) is 2. The smallest absolute Gasteiger partial charge is 0.134 e. The highest BCUT2D eigenvalue weighted by atomic mass is 35.5. The molecule has 1 N–H and O–H groups in total. The minimum atomic E-state index is 0.732. The molecule has 0 spiro atoms. The quantitative estimate of drug-likeness (QED) is 0.815. The predicted molar refractivity (Wildman–Crippen MR) is 76.7 cm³/mol. The first kappa shape index (κ1) is 12.9. The zero-order chi connectivity index (χ0) is 12.8.